The van der Waals surface area contributed by atoms with Crippen LogP contribution in [0.5, 0.6) is 5.75 Å². The van der Waals surface area contributed by atoms with Gasteiger partial charge in [-0.15, -0.1) is 0 Å². The van der Waals surface area contributed by atoms with Gasteiger partial charge in [-0.25, -0.2) is 4.79 Å². The molecular weight excluding hydrogens is 584 g/mol. The number of rotatable bonds is 6. The summed E-state index contributed by atoms with van der Waals surface area (Å²) in [6.45, 7) is 2.18. The lowest BCUT2D eigenvalue weighted by atomic mass is 10.1. The molecule has 0 saturated carbocycles. The Morgan fingerprint density at radius 1 is 0.897 bits per heavy atom. The second kappa shape index (κ2) is 12.7. The second-order valence-corrected chi connectivity index (χ2v) is 9.95. The van der Waals surface area contributed by atoms with Gasteiger partial charge in [0.2, 0.25) is 0 Å². The first-order valence-electron chi connectivity index (χ1n) is 12.1. The largest absolute Gasteiger partial charge is 0.496 e. The summed E-state index contributed by atoms with van der Waals surface area (Å²) < 4.78 is 10.9. The number of carbonyl (C=O) groups excluding carboxylic acids is 3. The number of piperazine rings is 1. The number of benzene rings is 3. The van der Waals surface area contributed by atoms with Crippen molar-refractivity contribution in [3.8, 4) is 5.75 Å². The fourth-order valence-electron chi connectivity index (χ4n) is 4.25. The van der Waals surface area contributed by atoms with E-state index in [1.54, 1.807) is 48.5 Å². The standard InChI is InChI=1S/C28H27BrN4O5S/c1-37-24-11-9-20(29)17-21(24)25(34)31-28(39)30-22-16-19(27(36)38-2)8-10-23(22)32-12-14-33(15-13-32)26(35)18-6-4-3-5-7-18/h3-11,16-17H,12-15H2,1-2H3,(H2,30,31,34,39). The van der Waals surface area contributed by atoms with Crippen LogP contribution in [0.2, 0.25) is 0 Å². The average Bonchev–Trinajstić information content (AvgIpc) is 2.96. The third-order valence-corrected chi connectivity index (χ3v) is 6.92. The molecule has 1 aliphatic rings. The summed E-state index contributed by atoms with van der Waals surface area (Å²) >= 11 is 8.81. The topological polar surface area (TPSA) is 100 Å². The van der Waals surface area contributed by atoms with Crippen LogP contribution in [-0.4, -0.2) is 68.2 Å². The second-order valence-electron chi connectivity index (χ2n) is 8.62. The lowest BCUT2D eigenvalue weighted by Gasteiger charge is -2.37. The molecular formula is C28H27BrN4O5S. The van der Waals surface area contributed by atoms with Crippen molar-refractivity contribution in [2.45, 2.75) is 0 Å². The van der Waals surface area contributed by atoms with E-state index >= 15 is 0 Å². The molecule has 2 N–H and O–H groups in total. The third-order valence-electron chi connectivity index (χ3n) is 6.23. The van der Waals surface area contributed by atoms with Crippen molar-refractivity contribution in [1.29, 1.82) is 0 Å². The molecule has 0 aliphatic carbocycles. The Hall–Kier alpha value is -3.96. The number of ether oxygens (including phenoxy) is 2. The zero-order valence-corrected chi connectivity index (χ0v) is 23.8. The highest BCUT2D eigenvalue weighted by Crippen LogP contribution is 2.29. The van der Waals surface area contributed by atoms with Crippen LogP contribution >= 0.6 is 28.1 Å². The van der Waals surface area contributed by atoms with Gasteiger partial charge in [0.15, 0.2) is 5.11 Å². The number of anilines is 2. The number of nitrogens with one attached hydrogen (secondary N) is 2. The normalized spacial score (nSPS) is 12.9. The molecule has 39 heavy (non-hydrogen) atoms. The monoisotopic (exact) mass is 610 g/mol. The number of thiocarbonyl (C=S) groups is 1. The van der Waals surface area contributed by atoms with Crippen LogP contribution in [0.3, 0.4) is 0 Å². The van der Waals surface area contributed by atoms with Crippen LogP contribution in [0, 0.1) is 0 Å². The van der Waals surface area contributed by atoms with Crippen molar-refractivity contribution in [3.63, 3.8) is 0 Å². The number of hydrogen-bond acceptors (Lipinski definition) is 7. The van der Waals surface area contributed by atoms with E-state index in [-0.39, 0.29) is 11.0 Å². The zero-order valence-electron chi connectivity index (χ0n) is 21.4. The summed E-state index contributed by atoms with van der Waals surface area (Å²) in [5.41, 5.74) is 2.57. The van der Waals surface area contributed by atoms with Crippen molar-refractivity contribution in [1.82, 2.24) is 10.2 Å². The first-order valence-corrected chi connectivity index (χ1v) is 13.3. The molecule has 0 spiro atoms. The number of nitrogens with zero attached hydrogens (tertiary/aromatic N) is 2. The lowest BCUT2D eigenvalue weighted by Crippen LogP contribution is -2.49. The van der Waals surface area contributed by atoms with E-state index in [0.717, 1.165) is 5.69 Å². The smallest absolute Gasteiger partial charge is 0.337 e. The summed E-state index contributed by atoms with van der Waals surface area (Å²) in [7, 11) is 2.79. The van der Waals surface area contributed by atoms with E-state index in [9.17, 15) is 14.4 Å². The molecule has 4 rings (SSSR count). The molecule has 1 heterocycles. The molecule has 1 aliphatic heterocycles. The van der Waals surface area contributed by atoms with Gasteiger partial charge in [-0.2, -0.15) is 0 Å². The van der Waals surface area contributed by atoms with Crippen molar-refractivity contribution in [2.24, 2.45) is 0 Å². The predicted molar refractivity (Wildman–Crippen MR) is 157 cm³/mol. The van der Waals surface area contributed by atoms with Crippen LogP contribution in [-0.2, 0) is 4.74 Å². The lowest BCUT2D eigenvalue weighted by molar-refractivity contribution is 0.0600. The van der Waals surface area contributed by atoms with E-state index in [4.69, 9.17) is 21.7 Å². The van der Waals surface area contributed by atoms with Crippen LogP contribution in [0.25, 0.3) is 0 Å². The van der Waals surface area contributed by atoms with E-state index in [1.165, 1.54) is 14.2 Å². The number of esters is 1. The van der Waals surface area contributed by atoms with Gasteiger partial charge in [0.05, 0.1) is 36.7 Å². The molecule has 1 fully saturated rings. The molecule has 3 aromatic carbocycles. The Balaban J connectivity index is 1.51. The highest BCUT2D eigenvalue weighted by molar-refractivity contribution is 9.10. The fraction of sp³-hybridized carbons (Fsp3) is 0.214. The minimum Gasteiger partial charge on any atom is -0.496 e. The predicted octanol–water partition coefficient (Wildman–Crippen LogP) is 4.33. The maximum absolute atomic E-state index is 12.9. The number of methoxy groups -OCH3 is 2. The molecule has 0 atom stereocenters. The van der Waals surface area contributed by atoms with Gasteiger partial charge >= 0.3 is 5.97 Å². The van der Waals surface area contributed by atoms with E-state index < -0.39 is 11.9 Å². The molecule has 2 amide bonds. The molecule has 0 bridgehead atoms. The molecule has 3 aromatic rings. The van der Waals surface area contributed by atoms with E-state index in [1.807, 2.05) is 23.1 Å². The molecule has 0 unspecified atom stereocenters. The number of halogens is 1. The van der Waals surface area contributed by atoms with E-state index in [0.29, 0.717) is 58.8 Å². The van der Waals surface area contributed by atoms with Crippen molar-refractivity contribution >= 4 is 62.4 Å². The average molecular weight is 612 g/mol. The van der Waals surface area contributed by atoms with Crippen LogP contribution < -0.4 is 20.3 Å². The molecule has 11 heteroatoms. The zero-order chi connectivity index (χ0) is 27.9. The third kappa shape index (κ3) is 6.73. The Morgan fingerprint density at radius 2 is 1.62 bits per heavy atom. The molecule has 9 nitrogen and oxygen atoms in total. The Labute approximate surface area is 240 Å². The number of amides is 2. The summed E-state index contributed by atoms with van der Waals surface area (Å²) in [6.07, 6.45) is 0. The van der Waals surface area contributed by atoms with Crippen LogP contribution in [0.1, 0.15) is 31.1 Å². The van der Waals surface area contributed by atoms with Gasteiger partial charge in [0.25, 0.3) is 11.8 Å². The SMILES string of the molecule is COC(=O)c1ccc(N2CCN(C(=O)c3ccccc3)CC2)c(NC(=S)NC(=O)c2cc(Br)ccc2OC)c1. The number of hydrogen-bond donors (Lipinski definition) is 2. The van der Waals surface area contributed by atoms with Gasteiger partial charge in [0.1, 0.15) is 5.75 Å². The highest BCUT2D eigenvalue weighted by Gasteiger charge is 2.25. The van der Waals surface area contributed by atoms with E-state index in [2.05, 4.69) is 31.5 Å². The summed E-state index contributed by atoms with van der Waals surface area (Å²) in [5, 5.41) is 5.77. The van der Waals surface area contributed by atoms with Gasteiger partial charge in [-0.05, 0) is 60.7 Å². The van der Waals surface area contributed by atoms with Crippen LogP contribution in [0.15, 0.2) is 71.2 Å². The molecule has 0 aromatic heterocycles. The summed E-state index contributed by atoms with van der Waals surface area (Å²) in [5.74, 6) is -0.572. The highest BCUT2D eigenvalue weighted by atomic mass is 79.9. The molecule has 0 radical (unpaired) electrons. The maximum Gasteiger partial charge on any atom is 0.337 e. The number of carbonyl (C=O) groups is 3. The Bertz CT molecular complexity index is 1390. The minimum atomic E-state index is -0.503. The summed E-state index contributed by atoms with van der Waals surface area (Å²) in [4.78, 5) is 42.0. The van der Waals surface area contributed by atoms with Crippen molar-refractivity contribution in [2.75, 3.05) is 50.6 Å². The Kier molecular flexibility index (Phi) is 9.15. The Morgan fingerprint density at radius 3 is 2.28 bits per heavy atom. The fourth-order valence-corrected chi connectivity index (χ4v) is 4.82. The molecule has 1 saturated heterocycles. The quantitative estimate of drug-likeness (QED) is 0.314. The molecule has 202 valence electrons. The first-order chi connectivity index (χ1) is 18.8. The van der Waals surface area contributed by atoms with Gasteiger partial charge in [-0.3, -0.25) is 14.9 Å². The van der Waals surface area contributed by atoms with Gasteiger partial charge in [0, 0.05) is 36.2 Å². The van der Waals surface area contributed by atoms with Gasteiger partial charge in [-0.1, -0.05) is 34.1 Å². The van der Waals surface area contributed by atoms with Crippen molar-refractivity contribution < 1.29 is 23.9 Å². The first kappa shape index (κ1) is 28.1. The summed E-state index contributed by atoms with van der Waals surface area (Å²) in [6, 6.07) is 19.4. The van der Waals surface area contributed by atoms with Gasteiger partial charge < -0.3 is 24.6 Å². The van der Waals surface area contributed by atoms with Crippen LogP contribution in [0.4, 0.5) is 11.4 Å². The van der Waals surface area contributed by atoms with Crippen molar-refractivity contribution in [3.05, 3.63) is 87.9 Å². The minimum absolute atomic E-state index is 0.0125. The maximum atomic E-state index is 12.9.